The van der Waals surface area contributed by atoms with Gasteiger partial charge in [0.2, 0.25) is 6.79 Å². The number of hydrogen-bond acceptors (Lipinski definition) is 10. The fourth-order valence-corrected chi connectivity index (χ4v) is 5.30. The highest BCUT2D eigenvalue weighted by atomic mass is 19.4. The lowest BCUT2D eigenvalue weighted by molar-refractivity contribution is -0.162. The molecule has 1 saturated heterocycles. The summed E-state index contributed by atoms with van der Waals surface area (Å²) in [6.07, 6.45) is -5.63. The van der Waals surface area contributed by atoms with Crippen LogP contribution in [0, 0.1) is 5.92 Å². The van der Waals surface area contributed by atoms with Crippen LogP contribution in [-0.2, 0) is 35.0 Å². The number of rotatable bonds is 12. The van der Waals surface area contributed by atoms with E-state index < -0.39 is 61.4 Å². The summed E-state index contributed by atoms with van der Waals surface area (Å²) in [4.78, 5) is 42.0. The Hall–Kier alpha value is -4.43. The quantitative estimate of drug-likeness (QED) is 0.164. The highest BCUT2D eigenvalue weighted by molar-refractivity contribution is 5.98. The molecule has 1 fully saturated rings. The maximum atomic E-state index is 13.4. The first-order valence-electron chi connectivity index (χ1n) is 15.0. The number of cyclic esters (lactones) is 1. The summed E-state index contributed by atoms with van der Waals surface area (Å²) in [5, 5.41) is 4.57. The van der Waals surface area contributed by atoms with E-state index in [-0.39, 0.29) is 43.4 Å². The van der Waals surface area contributed by atoms with Crippen LogP contribution in [0.1, 0.15) is 42.7 Å². The van der Waals surface area contributed by atoms with Gasteiger partial charge in [0, 0.05) is 38.1 Å². The van der Waals surface area contributed by atoms with Crippen molar-refractivity contribution < 1.29 is 56.0 Å². The molecule has 11 nitrogen and oxygen atoms in total. The van der Waals surface area contributed by atoms with Crippen molar-refractivity contribution in [3.05, 3.63) is 66.0 Å². The first kappa shape index (κ1) is 35.4. The normalized spacial score (nSPS) is 20.3. The van der Waals surface area contributed by atoms with Crippen LogP contribution in [0.25, 0.3) is 10.8 Å². The van der Waals surface area contributed by atoms with Crippen molar-refractivity contribution in [2.75, 3.05) is 33.7 Å². The summed E-state index contributed by atoms with van der Waals surface area (Å²) in [5.74, 6) is -2.70. The molecule has 0 radical (unpaired) electrons. The molecule has 14 heteroatoms. The lowest BCUT2D eigenvalue weighted by atomic mass is 9.89. The highest BCUT2D eigenvalue weighted by Gasteiger charge is 2.37. The summed E-state index contributed by atoms with van der Waals surface area (Å²) in [6.45, 7) is 1.82. The molecular formula is C33H37F3N2O9. The van der Waals surface area contributed by atoms with Crippen molar-refractivity contribution in [2.45, 2.75) is 57.5 Å². The van der Waals surface area contributed by atoms with Crippen LogP contribution in [-0.4, -0.2) is 81.0 Å². The number of carbonyl (C=O) groups is 3. The summed E-state index contributed by atoms with van der Waals surface area (Å²) >= 11 is 0. The Bertz CT molecular complexity index is 1530. The van der Waals surface area contributed by atoms with Gasteiger partial charge in [-0.1, -0.05) is 42.5 Å². The lowest BCUT2D eigenvalue weighted by Crippen LogP contribution is -2.46. The number of alkyl halides is 3. The zero-order valence-corrected chi connectivity index (χ0v) is 26.2. The van der Waals surface area contributed by atoms with Crippen molar-refractivity contribution in [3.8, 4) is 11.5 Å². The van der Waals surface area contributed by atoms with E-state index in [0.29, 0.717) is 6.42 Å². The van der Waals surface area contributed by atoms with E-state index in [9.17, 15) is 27.6 Å². The van der Waals surface area contributed by atoms with Gasteiger partial charge in [-0.05, 0) is 36.1 Å². The van der Waals surface area contributed by atoms with Gasteiger partial charge in [0.15, 0.2) is 23.2 Å². The molecule has 4 atom stereocenters. The molecule has 2 heterocycles. The van der Waals surface area contributed by atoms with Gasteiger partial charge in [-0.2, -0.15) is 13.2 Å². The van der Waals surface area contributed by atoms with Crippen LogP contribution in [0.5, 0.6) is 11.5 Å². The molecule has 1 aromatic heterocycles. The minimum Gasteiger partial charge on any atom is -0.493 e. The molecule has 0 saturated carbocycles. The van der Waals surface area contributed by atoms with E-state index in [0.717, 1.165) is 16.3 Å². The molecule has 0 unspecified atom stereocenters. The van der Waals surface area contributed by atoms with Gasteiger partial charge in [0.1, 0.15) is 6.10 Å². The van der Waals surface area contributed by atoms with Crippen molar-refractivity contribution in [1.82, 2.24) is 10.3 Å². The van der Waals surface area contributed by atoms with Gasteiger partial charge in [-0.15, -0.1) is 0 Å². The number of pyridine rings is 1. The Kier molecular flexibility index (Phi) is 12.4. The van der Waals surface area contributed by atoms with Crippen molar-refractivity contribution in [2.24, 2.45) is 5.92 Å². The summed E-state index contributed by atoms with van der Waals surface area (Å²) < 4.78 is 71.7. The van der Waals surface area contributed by atoms with Crippen molar-refractivity contribution in [1.29, 1.82) is 0 Å². The topological polar surface area (TPSA) is 132 Å². The van der Waals surface area contributed by atoms with Crippen LogP contribution < -0.4 is 14.8 Å². The van der Waals surface area contributed by atoms with Crippen LogP contribution >= 0.6 is 0 Å². The molecule has 0 spiro atoms. The lowest BCUT2D eigenvalue weighted by Gasteiger charge is -2.31. The molecule has 2 aromatic carbocycles. The van der Waals surface area contributed by atoms with Crippen LogP contribution in [0.4, 0.5) is 13.2 Å². The Balaban J connectivity index is 1.55. The number of methoxy groups -OCH3 is 1. The number of aromatic nitrogens is 1. The molecule has 0 bridgehead atoms. The number of esters is 2. The van der Waals surface area contributed by atoms with Crippen LogP contribution in [0.15, 0.2) is 54.7 Å². The van der Waals surface area contributed by atoms with Crippen LogP contribution in [0.3, 0.4) is 0 Å². The molecule has 1 aliphatic heterocycles. The van der Waals surface area contributed by atoms with Gasteiger partial charge in [0.25, 0.3) is 5.91 Å². The molecule has 1 aliphatic rings. The van der Waals surface area contributed by atoms with E-state index in [1.807, 2.05) is 42.5 Å². The third-order valence-corrected chi connectivity index (χ3v) is 7.48. The number of amides is 1. The van der Waals surface area contributed by atoms with E-state index >= 15 is 0 Å². The second-order valence-electron chi connectivity index (χ2n) is 11.0. The maximum absolute atomic E-state index is 13.4. The SMILES string of the molecule is COc1ccnc(C(=O)N[C@H]2COC[C@H](Cc3cccc4ccccc34)[C@@H](OCCCC(F)(F)F)[C@H](C)OC2=O)c1OCOC(C)=O. The zero-order chi connectivity index (χ0) is 34.0. The second kappa shape index (κ2) is 16.4. The smallest absolute Gasteiger partial charge is 0.389 e. The molecule has 3 aromatic rings. The average molecular weight is 663 g/mol. The first-order valence-corrected chi connectivity index (χ1v) is 15.0. The van der Waals surface area contributed by atoms with Crippen molar-refractivity contribution in [3.63, 3.8) is 0 Å². The standard InChI is InChI=1S/C33H37F3N2O9/c1-20-29(44-15-7-13-33(34,35)36)24(16-23-10-6-9-22-8-4-5-11-25(22)23)17-43-18-26(32(41)47-20)38-31(40)28-30(46-19-45-21(2)39)27(42-3)12-14-37-28/h4-6,8-12,14,20,24,26,29H,7,13,15-19H2,1-3H3,(H,38,40)/t20-,24-,26-,29-/m0/s1. The number of ether oxygens (including phenoxy) is 6. The van der Waals surface area contributed by atoms with Crippen LogP contribution in [0.2, 0.25) is 0 Å². The fourth-order valence-electron chi connectivity index (χ4n) is 5.30. The number of fused-ring (bicyclic) bond motifs is 1. The number of halogens is 3. The molecule has 1 amide bonds. The van der Waals surface area contributed by atoms with E-state index in [4.69, 9.17) is 28.4 Å². The average Bonchev–Trinajstić information content (AvgIpc) is 3.07. The Morgan fingerprint density at radius 1 is 1.09 bits per heavy atom. The largest absolute Gasteiger partial charge is 0.493 e. The number of nitrogens with zero attached hydrogens (tertiary/aromatic N) is 1. The predicted molar refractivity (Wildman–Crippen MR) is 162 cm³/mol. The monoisotopic (exact) mass is 662 g/mol. The summed E-state index contributed by atoms with van der Waals surface area (Å²) in [6, 6.07) is 13.8. The number of hydrogen-bond donors (Lipinski definition) is 1. The molecule has 0 aliphatic carbocycles. The minimum absolute atomic E-state index is 0.0503. The Labute approximate surface area is 269 Å². The first-order chi connectivity index (χ1) is 22.5. The second-order valence-corrected chi connectivity index (χ2v) is 11.0. The van der Waals surface area contributed by atoms with Gasteiger partial charge in [-0.3, -0.25) is 9.59 Å². The minimum atomic E-state index is -4.33. The Morgan fingerprint density at radius 3 is 2.60 bits per heavy atom. The van der Waals surface area contributed by atoms with Gasteiger partial charge in [0.05, 0.1) is 26.4 Å². The fraction of sp³-hybridized carbons (Fsp3) is 0.455. The van der Waals surface area contributed by atoms with Crippen molar-refractivity contribution >= 4 is 28.6 Å². The number of nitrogens with one attached hydrogen (secondary N) is 1. The number of benzene rings is 2. The van der Waals surface area contributed by atoms with E-state index in [1.165, 1.54) is 26.3 Å². The van der Waals surface area contributed by atoms with E-state index in [2.05, 4.69) is 10.3 Å². The third-order valence-electron chi connectivity index (χ3n) is 7.48. The molecule has 254 valence electrons. The zero-order valence-electron chi connectivity index (χ0n) is 26.2. The summed E-state index contributed by atoms with van der Waals surface area (Å²) in [7, 11) is 1.34. The molecule has 4 rings (SSSR count). The van der Waals surface area contributed by atoms with E-state index in [1.54, 1.807) is 6.92 Å². The molecule has 1 N–H and O–H groups in total. The van der Waals surface area contributed by atoms with Gasteiger partial charge in [-0.25, -0.2) is 9.78 Å². The third kappa shape index (κ3) is 10.0. The predicted octanol–water partition coefficient (Wildman–Crippen LogP) is 4.79. The maximum Gasteiger partial charge on any atom is 0.389 e. The summed E-state index contributed by atoms with van der Waals surface area (Å²) in [5.41, 5.74) is 0.713. The highest BCUT2D eigenvalue weighted by Crippen LogP contribution is 2.31. The number of carbonyl (C=O) groups excluding carboxylic acids is 3. The molecular weight excluding hydrogens is 625 g/mol. The van der Waals surface area contributed by atoms with Gasteiger partial charge < -0.3 is 33.7 Å². The Morgan fingerprint density at radius 2 is 1.85 bits per heavy atom. The molecule has 47 heavy (non-hydrogen) atoms. The van der Waals surface area contributed by atoms with Gasteiger partial charge >= 0.3 is 18.1 Å².